The highest BCUT2D eigenvalue weighted by Gasteiger charge is 2.09. The lowest BCUT2D eigenvalue weighted by atomic mass is 10.5. The molecule has 1 saturated heterocycles. The van der Waals surface area contributed by atoms with Crippen LogP contribution in [-0.4, -0.2) is 41.4 Å². The molecule has 1 aromatic rings. The van der Waals surface area contributed by atoms with E-state index in [1.54, 1.807) is 11.0 Å². The molecular weight excluding hydrogens is 144 g/mol. The summed E-state index contributed by atoms with van der Waals surface area (Å²) in [6.45, 7) is 3.34. The Kier molecular flexibility index (Phi) is 1.72. The van der Waals surface area contributed by atoms with E-state index in [-0.39, 0.29) is 0 Å². The van der Waals surface area contributed by atoms with Gasteiger partial charge in [-0.05, 0) is 5.21 Å². The summed E-state index contributed by atoms with van der Waals surface area (Å²) in [5.41, 5.74) is 0. The van der Waals surface area contributed by atoms with Crippen LogP contribution in [0.3, 0.4) is 0 Å². The van der Waals surface area contributed by atoms with Crippen molar-refractivity contribution < 1.29 is 4.74 Å². The lowest BCUT2D eigenvalue weighted by Crippen LogP contribution is -2.44. The second-order valence-electron chi connectivity index (χ2n) is 2.39. The molecule has 0 N–H and O–H groups in total. The molecule has 0 radical (unpaired) electrons. The number of rotatable bonds is 1. The summed E-state index contributed by atoms with van der Waals surface area (Å²) < 4.78 is 5.19. The summed E-state index contributed by atoms with van der Waals surface area (Å²) in [6.07, 6.45) is 3.51. The van der Waals surface area contributed by atoms with E-state index in [1.165, 1.54) is 0 Å². The summed E-state index contributed by atoms with van der Waals surface area (Å²) in [5.74, 6) is 0. The second-order valence-corrected chi connectivity index (χ2v) is 2.39. The second kappa shape index (κ2) is 2.87. The summed E-state index contributed by atoms with van der Waals surface area (Å²) in [6, 6.07) is 0. The molecule has 11 heavy (non-hydrogen) atoms. The van der Waals surface area contributed by atoms with Gasteiger partial charge in [0.25, 0.3) is 0 Å². The first-order chi connectivity index (χ1) is 5.47. The van der Waals surface area contributed by atoms with Crippen molar-refractivity contribution in [2.45, 2.75) is 0 Å². The van der Waals surface area contributed by atoms with Crippen molar-refractivity contribution in [2.24, 2.45) is 0 Å². The summed E-state index contributed by atoms with van der Waals surface area (Å²) in [5, 5.41) is 9.70. The average molecular weight is 154 g/mol. The van der Waals surface area contributed by atoms with Gasteiger partial charge in [0, 0.05) is 0 Å². The number of morpholine rings is 1. The fourth-order valence-electron chi connectivity index (χ4n) is 1.11. The minimum Gasteiger partial charge on any atom is -0.378 e. The molecule has 1 aromatic heterocycles. The molecule has 2 heterocycles. The first-order valence-electron chi connectivity index (χ1n) is 3.66. The van der Waals surface area contributed by atoms with Gasteiger partial charge in [0.15, 0.2) is 0 Å². The first kappa shape index (κ1) is 6.60. The Labute approximate surface area is 64.5 Å². The van der Waals surface area contributed by atoms with Crippen LogP contribution in [0.1, 0.15) is 0 Å². The Morgan fingerprint density at radius 1 is 1.27 bits per heavy atom. The van der Waals surface area contributed by atoms with Crippen LogP contribution in [0.15, 0.2) is 12.4 Å². The zero-order valence-corrected chi connectivity index (χ0v) is 6.18. The lowest BCUT2D eigenvalue weighted by Gasteiger charge is -2.27. The normalized spacial score (nSPS) is 18.7. The van der Waals surface area contributed by atoms with Crippen molar-refractivity contribution >= 4 is 0 Å². The Balaban J connectivity index is 2.04. The molecule has 1 aliphatic heterocycles. The van der Waals surface area contributed by atoms with Crippen LogP contribution in [0.25, 0.3) is 0 Å². The quantitative estimate of drug-likeness (QED) is 0.533. The average Bonchev–Trinajstić information content (AvgIpc) is 2.58. The molecule has 0 saturated carbocycles. The maximum Gasteiger partial charge on any atom is 0.0715 e. The van der Waals surface area contributed by atoms with Gasteiger partial charge in [-0.2, -0.15) is 4.79 Å². The van der Waals surface area contributed by atoms with Gasteiger partial charge in [0.1, 0.15) is 0 Å². The van der Waals surface area contributed by atoms with Crippen LogP contribution in [0.4, 0.5) is 0 Å². The van der Waals surface area contributed by atoms with Crippen LogP contribution >= 0.6 is 0 Å². The molecule has 5 heteroatoms. The third-order valence-electron chi connectivity index (χ3n) is 1.69. The number of hydrogen-bond acceptors (Lipinski definition) is 4. The predicted octanol–water partition coefficient (Wildman–Crippen LogP) is -0.754. The third kappa shape index (κ3) is 1.32. The van der Waals surface area contributed by atoms with Gasteiger partial charge in [0.2, 0.25) is 0 Å². The minimum atomic E-state index is 0.778. The largest absolute Gasteiger partial charge is 0.378 e. The van der Waals surface area contributed by atoms with E-state index in [0.717, 1.165) is 26.3 Å². The van der Waals surface area contributed by atoms with Crippen LogP contribution in [-0.2, 0) is 4.74 Å². The van der Waals surface area contributed by atoms with Gasteiger partial charge in [-0.15, -0.1) is 5.10 Å². The van der Waals surface area contributed by atoms with E-state index in [0.29, 0.717) is 0 Å². The molecule has 0 aromatic carbocycles. The zero-order chi connectivity index (χ0) is 7.52. The lowest BCUT2D eigenvalue weighted by molar-refractivity contribution is 0.108. The highest BCUT2D eigenvalue weighted by Crippen LogP contribution is 1.94. The van der Waals surface area contributed by atoms with E-state index in [2.05, 4.69) is 15.3 Å². The molecule has 60 valence electrons. The summed E-state index contributed by atoms with van der Waals surface area (Å²) in [7, 11) is 0. The molecule has 1 fully saturated rings. The third-order valence-corrected chi connectivity index (χ3v) is 1.69. The standard InChI is InChI=1S/C6H10N4O/c1-2-10(8-7-1)9-3-5-11-6-4-9/h1-2H,3-6H2. The van der Waals surface area contributed by atoms with Gasteiger partial charge in [-0.3, -0.25) is 5.01 Å². The fraction of sp³-hybridized carbons (Fsp3) is 0.667. The van der Waals surface area contributed by atoms with Crippen LogP contribution in [0.2, 0.25) is 0 Å². The number of nitrogens with zero attached hydrogens (tertiary/aromatic N) is 4. The zero-order valence-electron chi connectivity index (χ0n) is 6.18. The smallest absolute Gasteiger partial charge is 0.0715 e. The van der Waals surface area contributed by atoms with Crippen molar-refractivity contribution in [3.8, 4) is 0 Å². The fourth-order valence-corrected chi connectivity index (χ4v) is 1.11. The summed E-state index contributed by atoms with van der Waals surface area (Å²) in [4.78, 5) is 1.75. The van der Waals surface area contributed by atoms with Crippen molar-refractivity contribution in [1.29, 1.82) is 0 Å². The molecule has 0 aliphatic carbocycles. The highest BCUT2D eigenvalue weighted by molar-refractivity contribution is 4.85. The first-order valence-corrected chi connectivity index (χ1v) is 3.66. The van der Waals surface area contributed by atoms with E-state index < -0.39 is 0 Å². The molecule has 0 amide bonds. The SMILES string of the molecule is c1cn(N2CCOCC2)nn1. The van der Waals surface area contributed by atoms with Crippen molar-refractivity contribution in [2.75, 3.05) is 31.3 Å². The van der Waals surface area contributed by atoms with Gasteiger partial charge in [0.05, 0.1) is 38.7 Å². The monoisotopic (exact) mass is 154 g/mol. The highest BCUT2D eigenvalue weighted by atomic mass is 16.5. The summed E-state index contributed by atoms with van der Waals surface area (Å²) >= 11 is 0. The van der Waals surface area contributed by atoms with Crippen molar-refractivity contribution in [1.82, 2.24) is 15.1 Å². The van der Waals surface area contributed by atoms with Gasteiger partial charge >= 0.3 is 0 Å². The number of hydrogen-bond donors (Lipinski definition) is 0. The molecule has 0 unspecified atom stereocenters. The van der Waals surface area contributed by atoms with Crippen LogP contribution in [0, 0.1) is 0 Å². The maximum atomic E-state index is 5.19. The minimum absolute atomic E-state index is 0.778. The molecule has 5 nitrogen and oxygen atoms in total. The maximum absolute atomic E-state index is 5.19. The van der Waals surface area contributed by atoms with Crippen molar-refractivity contribution in [3.05, 3.63) is 12.4 Å². The molecular formula is C6H10N4O. The molecule has 1 aliphatic rings. The van der Waals surface area contributed by atoms with Crippen molar-refractivity contribution in [3.63, 3.8) is 0 Å². The van der Waals surface area contributed by atoms with Gasteiger partial charge < -0.3 is 4.74 Å². The Bertz CT molecular complexity index is 204. The van der Waals surface area contributed by atoms with E-state index in [1.807, 2.05) is 6.20 Å². The molecule has 2 rings (SSSR count). The van der Waals surface area contributed by atoms with Gasteiger partial charge in [-0.1, -0.05) is 0 Å². The topological polar surface area (TPSA) is 43.2 Å². The van der Waals surface area contributed by atoms with Crippen LogP contribution in [0.5, 0.6) is 0 Å². The number of aromatic nitrogens is 3. The number of ether oxygens (including phenoxy) is 1. The van der Waals surface area contributed by atoms with E-state index in [4.69, 9.17) is 4.74 Å². The Hall–Kier alpha value is -1.10. The Morgan fingerprint density at radius 2 is 2.09 bits per heavy atom. The van der Waals surface area contributed by atoms with E-state index >= 15 is 0 Å². The van der Waals surface area contributed by atoms with E-state index in [9.17, 15) is 0 Å². The predicted molar refractivity (Wildman–Crippen MR) is 38.8 cm³/mol. The van der Waals surface area contributed by atoms with Crippen LogP contribution < -0.4 is 5.01 Å². The molecule has 0 bridgehead atoms. The van der Waals surface area contributed by atoms with Gasteiger partial charge in [-0.25, -0.2) is 0 Å². The Morgan fingerprint density at radius 3 is 2.73 bits per heavy atom. The molecule has 0 spiro atoms. The molecule has 0 atom stereocenters.